The van der Waals surface area contributed by atoms with Crippen LogP contribution in [-0.2, 0) is 0 Å². The van der Waals surface area contributed by atoms with Crippen LogP contribution in [0.25, 0.3) is 0 Å². The molecule has 1 aliphatic carbocycles. The molecule has 0 heterocycles. The lowest BCUT2D eigenvalue weighted by Gasteiger charge is -2.06. The van der Waals surface area contributed by atoms with Crippen LogP contribution < -0.4 is 5.73 Å². The minimum absolute atomic E-state index is 0.0000926. The Morgan fingerprint density at radius 1 is 1.43 bits per heavy atom. The second-order valence-electron chi connectivity index (χ2n) is 3.93. The molecule has 3 heteroatoms. The molecular weight excluding hydrogens is 184 g/mol. The van der Waals surface area contributed by atoms with E-state index in [0.717, 1.165) is 6.42 Å². The van der Waals surface area contributed by atoms with Gasteiger partial charge in [-0.05, 0) is 43.4 Å². The SMILES string of the molecule is Cc1ccc(F)c(C2CC2CN)c1F. The fraction of sp³-hybridized carbons (Fsp3) is 0.455. The maximum Gasteiger partial charge on any atom is 0.132 e. The van der Waals surface area contributed by atoms with Crippen molar-refractivity contribution in [1.82, 2.24) is 0 Å². The predicted molar refractivity (Wildman–Crippen MR) is 51.0 cm³/mol. The van der Waals surface area contributed by atoms with Gasteiger partial charge in [0.25, 0.3) is 0 Å². The maximum absolute atomic E-state index is 13.6. The van der Waals surface area contributed by atoms with Crippen LogP contribution in [0.5, 0.6) is 0 Å². The predicted octanol–water partition coefficient (Wildman–Crippen LogP) is 2.34. The Morgan fingerprint density at radius 3 is 2.71 bits per heavy atom. The van der Waals surface area contributed by atoms with E-state index in [4.69, 9.17) is 5.73 Å². The lowest BCUT2D eigenvalue weighted by Crippen LogP contribution is -2.04. The standard InChI is InChI=1S/C11H13F2N/c1-6-2-3-9(12)10(11(6)13)8-4-7(8)5-14/h2-3,7-8H,4-5,14H2,1H3. The Hall–Kier alpha value is -0.960. The molecule has 0 bridgehead atoms. The van der Waals surface area contributed by atoms with Crippen molar-refractivity contribution < 1.29 is 8.78 Å². The Labute approximate surface area is 81.9 Å². The molecule has 2 rings (SSSR count). The smallest absolute Gasteiger partial charge is 0.132 e. The van der Waals surface area contributed by atoms with Gasteiger partial charge in [-0.2, -0.15) is 0 Å². The topological polar surface area (TPSA) is 26.0 Å². The summed E-state index contributed by atoms with van der Waals surface area (Å²) in [6.07, 6.45) is 0.813. The minimum atomic E-state index is -0.436. The van der Waals surface area contributed by atoms with Crippen molar-refractivity contribution in [1.29, 1.82) is 0 Å². The van der Waals surface area contributed by atoms with Gasteiger partial charge < -0.3 is 5.73 Å². The quantitative estimate of drug-likeness (QED) is 0.773. The average molecular weight is 197 g/mol. The van der Waals surface area contributed by atoms with E-state index in [9.17, 15) is 8.78 Å². The zero-order chi connectivity index (χ0) is 10.3. The van der Waals surface area contributed by atoms with Gasteiger partial charge in [-0.25, -0.2) is 8.78 Å². The monoisotopic (exact) mass is 197 g/mol. The van der Waals surface area contributed by atoms with Crippen molar-refractivity contribution in [2.24, 2.45) is 11.7 Å². The number of aryl methyl sites for hydroxylation is 1. The van der Waals surface area contributed by atoms with Gasteiger partial charge in [-0.1, -0.05) is 6.07 Å². The highest BCUT2D eigenvalue weighted by molar-refractivity contribution is 5.33. The average Bonchev–Trinajstić information content (AvgIpc) is 2.92. The minimum Gasteiger partial charge on any atom is -0.330 e. The molecule has 0 spiro atoms. The van der Waals surface area contributed by atoms with Crippen molar-refractivity contribution in [3.05, 3.63) is 34.9 Å². The first-order chi connectivity index (χ1) is 6.65. The van der Waals surface area contributed by atoms with Gasteiger partial charge >= 0.3 is 0 Å². The number of benzene rings is 1. The van der Waals surface area contributed by atoms with Gasteiger partial charge in [0.1, 0.15) is 11.6 Å². The van der Waals surface area contributed by atoms with Crippen molar-refractivity contribution >= 4 is 0 Å². The van der Waals surface area contributed by atoms with Crippen LogP contribution in [0.4, 0.5) is 8.78 Å². The number of nitrogens with two attached hydrogens (primary N) is 1. The number of hydrogen-bond donors (Lipinski definition) is 1. The largest absolute Gasteiger partial charge is 0.330 e. The van der Waals surface area contributed by atoms with E-state index in [0.29, 0.717) is 12.1 Å². The van der Waals surface area contributed by atoms with Crippen molar-refractivity contribution in [3.63, 3.8) is 0 Å². The lowest BCUT2D eigenvalue weighted by molar-refractivity contribution is 0.546. The van der Waals surface area contributed by atoms with Crippen LogP contribution in [-0.4, -0.2) is 6.54 Å². The van der Waals surface area contributed by atoms with Gasteiger partial charge in [0.15, 0.2) is 0 Å². The maximum atomic E-state index is 13.6. The van der Waals surface area contributed by atoms with Crippen molar-refractivity contribution in [2.45, 2.75) is 19.3 Å². The van der Waals surface area contributed by atoms with Gasteiger partial charge in [0.05, 0.1) is 0 Å². The van der Waals surface area contributed by atoms with E-state index in [-0.39, 0.29) is 17.4 Å². The van der Waals surface area contributed by atoms with Crippen molar-refractivity contribution in [3.8, 4) is 0 Å². The molecule has 14 heavy (non-hydrogen) atoms. The van der Waals surface area contributed by atoms with Gasteiger partial charge in [0, 0.05) is 5.56 Å². The zero-order valence-electron chi connectivity index (χ0n) is 8.06. The second-order valence-corrected chi connectivity index (χ2v) is 3.93. The van der Waals surface area contributed by atoms with Crippen molar-refractivity contribution in [2.75, 3.05) is 6.54 Å². The van der Waals surface area contributed by atoms with E-state index in [1.54, 1.807) is 6.92 Å². The number of rotatable bonds is 2. The van der Waals surface area contributed by atoms with E-state index < -0.39 is 11.6 Å². The van der Waals surface area contributed by atoms with Crippen LogP contribution in [0.15, 0.2) is 12.1 Å². The summed E-state index contributed by atoms with van der Waals surface area (Å²) >= 11 is 0. The second kappa shape index (κ2) is 3.31. The molecule has 0 aliphatic heterocycles. The Bertz CT molecular complexity index is 363. The van der Waals surface area contributed by atoms with E-state index in [1.807, 2.05) is 0 Å². The third-order valence-corrected chi connectivity index (χ3v) is 2.92. The van der Waals surface area contributed by atoms with Crippen LogP contribution in [0, 0.1) is 24.5 Å². The molecule has 1 nitrogen and oxygen atoms in total. The molecule has 1 fully saturated rings. The van der Waals surface area contributed by atoms with E-state index in [1.165, 1.54) is 12.1 Å². The third-order valence-electron chi connectivity index (χ3n) is 2.92. The molecular formula is C11H13F2N. The summed E-state index contributed by atoms with van der Waals surface area (Å²) in [5.74, 6) is -0.569. The molecule has 2 unspecified atom stereocenters. The number of halogens is 2. The lowest BCUT2D eigenvalue weighted by atomic mass is 10.0. The molecule has 2 N–H and O–H groups in total. The zero-order valence-corrected chi connectivity index (χ0v) is 8.06. The van der Waals surface area contributed by atoms with Crippen LogP contribution in [0.2, 0.25) is 0 Å². The van der Waals surface area contributed by atoms with Gasteiger partial charge in [-0.3, -0.25) is 0 Å². The first kappa shape index (κ1) is 9.59. The van der Waals surface area contributed by atoms with Crippen LogP contribution >= 0.6 is 0 Å². The molecule has 2 atom stereocenters. The van der Waals surface area contributed by atoms with Crippen LogP contribution in [0.3, 0.4) is 0 Å². The summed E-state index contributed by atoms with van der Waals surface area (Å²) in [6.45, 7) is 2.16. The summed E-state index contributed by atoms with van der Waals surface area (Å²) in [4.78, 5) is 0. The van der Waals surface area contributed by atoms with Gasteiger partial charge in [0.2, 0.25) is 0 Å². The fourth-order valence-corrected chi connectivity index (χ4v) is 1.88. The molecule has 1 saturated carbocycles. The highest BCUT2D eigenvalue weighted by Gasteiger charge is 2.40. The van der Waals surface area contributed by atoms with E-state index in [2.05, 4.69) is 0 Å². The molecule has 1 aliphatic rings. The van der Waals surface area contributed by atoms with Gasteiger partial charge in [-0.15, -0.1) is 0 Å². The summed E-state index contributed by atoms with van der Waals surface area (Å²) in [6, 6.07) is 2.80. The highest BCUT2D eigenvalue weighted by Crippen LogP contribution is 2.48. The Kier molecular flexibility index (Phi) is 2.27. The Morgan fingerprint density at radius 2 is 2.14 bits per heavy atom. The molecule has 0 amide bonds. The molecule has 1 aromatic rings. The molecule has 1 aromatic carbocycles. The molecule has 0 radical (unpaired) electrons. The summed E-state index contributed by atoms with van der Waals surface area (Å²) in [5.41, 5.74) is 6.20. The Balaban J connectivity index is 2.38. The summed E-state index contributed by atoms with van der Waals surface area (Å²) in [5, 5.41) is 0. The molecule has 0 saturated heterocycles. The first-order valence-corrected chi connectivity index (χ1v) is 4.79. The van der Waals surface area contributed by atoms with E-state index >= 15 is 0 Å². The normalized spacial score (nSPS) is 25.1. The first-order valence-electron chi connectivity index (χ1n) is 4.79. The summed E-state index contributed by atoms with van der Waals surface area (Å²) in [7, 11) is 0. The molecule has 0 aromatic heterocycles. The highest BCUT2D eigenvalue weighted by atomic mass is 19.1. The third kappa shape index (κ3) is 1.42. The molecule has 76 valence electrons. The summed E-state index contributed by atoms with van der Waals surface area (Å²) < 4.78 is 26.9. The fourth-order valence-electron chi connectivity index (χ4n) is 1.88. The van der Waals surface area contributed by atoms with Crippen LogP contribution in [0.1, 0.15) is 23.5 Å². The number of hydrogen-bond acceptors (Lipinski definition) is 1.